The Morgan fingerprint density at radius 2 is 2.09 bits per heavy atom. The van der Waals surface area contributed by atoms with Crippen LogP contribution in [0.2, 0.25) is 0 Å². The van der Waals surface area contributed by atoms with Crippen molar-refractivity contribution in [3.8, 4) is 0 Å². The zero-order valence-corrected chi connectivity index (χ0v) is 13.4. The molecule has 6 heteroatoms. The number of aliphatic carboxylic acids is 1. The summed E-state index contributed by atoms with van der Waals surface area (Å²) in [6, 6.07) is 3.73. The number of aromatic nitrogens is 1. The first-order chi connectivity index (χ1) is 11.0. The molecule has 0 unspecified atom stereocenters. The zero-order valence-electron chi connectivity index (χ0n) is 13.4. The highest BCUT2D eigenvalue weighted by Crippen LogP contribution is 2.35. The Morgan fingerprint density at radius 1 is 1.39 bits per heavy atom. The van der Waals surface area contributed by atoms with Crippen LogP contribution < -0.4 is 0 Å². The first-order valence-corrected chi connectivity index (χ1v) is 8.07. The smallest absolute Gasteiger partial charge is 0.314 e. The molecular weight excluding hydrogens is 296 g/mol. The predicted molar refractivity (Wildman–Crippen MR) is 84.7 cm³/mol. The lowest BCUT2D eigenvalue weighted by atomic mass is 9.74. The number of aliphatic hydroxyl groups excluding tert-OH is 1. The molecule has 0 aromatic carbocycles. The number of aryl methyl sites for hydroxylation is 1. The van der Waals surface area contributed by atoms with Gasteiger partial charge in [0.15, 0.2) is 0 Å². The molecule has 1 aromatic rings. The second-order valence-corrected chi connectivity index (χ2v) is 6.19. The van der Waals surface area contributed by atoms with E-state index in [0.29, 0.717) is 38.6 Å². The number of nitrogens with zero attached hydrogens (tertiary/aromatic N) is 2. The highest BCUT2D eigenvalue weighted by molar-refractivity contribution is 5.80. The summed E-state index contributed by atoms with van der Waals surface area (Å²) in [6.07, 6.45) is 4.76. The minimum Gasteiger partial charge on any atom is -0.481 e. The first kappa shape index (κ1) is 17.4. The van der Waals surface area contributed by atoms with E-state index < -0.39 is 17.5 Å². The van der Waals surface area contributed by atoms with Crippen LogP contribution in [0.25, 0.3) is 0 Å². The van der Waals surface area contributed by atoms with Crippen LogP contribution in [0.4, 0.5) is 0 Å². The summed E-state index contributed by atoms with van der Waals surface area (Å²) in [4.78, 5) is 29.7. The molecule has 0 saturated carbocycles. The number of carboxylic acids is 1. The van der Waals surface area contributed by atoms with Gasteiger partial charge in [0.25, 0.3) is 0 Å². The normalized spacial score (nSPS) is 24.4. The summed E-state index contributed by atoms with van der Waals surface area (Å²) >= 11 is 0. The maximum atomic E-state index is 12.4. The lowest BCUT2D eigenvalue weighted by Crippen LogP contribution is -2.57. The number of piperidine rings is 1. The molecule has 0 spiro atoms. The Morgan fingerprint density at radius 3 is 2.70 bits per heavy atom. The molecule has 1 amide bonds. The van der Waals surface area contributed by atoms with Crippen molar-refractivity contribution < 1.29 is 19.8 Å². The van der Waals surface area contributed by atoms with Gasteiger partial charge in [-0.15, -0.1) is 0 Å². The van der Waals surface area contributed by atoms with Gasteiger partial charge in [-0.1, -0.05) is 13.3 Å². The maximum absolute atomic E-state index is 12.4. The van der Waals surface area contributed by atoms with E-state index >= 15 is 0 Å². The minimum absolute atomic E-state index is 0.0598. The Bertz CT molecular complexity index is 549. The Hall–Kier alpha value is -1.95. The van der Waals surface area contributed by atoms with Crippen molar-refractivity contribution in [1.82, 2.24) is 9.88 Å². The van der Waals surface area contributed by atoms with E-state index in [1.165, 1.54) is 0 Å². The lowest BCUT2D eigenvalue weighted by Gasteiger charge is -2.43. The molecule has 1 aromatic heterocycles. The fraction of sp³-hybridized carbons (Fsp3) is 0.588. The standard InChI is InChI=1S/C17H24N2O4/c1-2-8-17(16(22)23)12-19(11-7-14(17)20)15(21)4-3-13-5-9-18-10-6-13/h5-6,9-10,14,20H,2-4,7-8,11-12H2,1H3,(H,22,23)/t14-,17+/m0/s1. The third kappa shape index (κ3) is 3.88. The molecule has 2 atom stereocenters. The predicted octanol–water partition coefficient (Wildman–Crippen LogP) is 1.48. The lowest BCUT2D eigenvalue weighted by molar-refractivity contribution is -0.166. The highest BCUT2D eigenvalue weighted by atomic mass is 16.4. The summed E-state index contributed by atoms with van der Waals surface area (Å²) in [7, 11) is 0. The van der Waals surface area contributed by atoms with Gasteiger partial charge in [-0.2, -0.15) is 0 Å². The highest BCUT2D eigenvalue weighted by Gasteiger charge is 2.49. The van der Waals surface area contributed by atoms with Crippen LogP contribution >= 0.6 is 0 Å². The number of hydrogen-bond acceptors (Lipinski definition) is 4. The summed E-state index contributed by atoms with van der Waals surface area (Å²) in [6.45, 7) is 2.39. The summed E-state index contributed by atoms with van der Waals surface area (Å²) in [5, 5.41) is 19.8. The number of aliphatic hydroxyl groups is 1. The number of carbonyl (C=O) groups excluding carboxylic acids is 1. The van der Waals surface area contributed by atoms with Gasteiger partial charge in [-0.25, -0.2) is 0 Å². The van der Waals surface area contributed by atoms with Crippen molar-refractivity contribution in [2.24, 2.45) is 5.41 Å². The Kier molecular flexibility index (Phi) is 5.71. The molecule has 6 nitrogen and oxygen atoms in total. The molecule has 1 aliphatic heterocycles. The molecule has 2 heterocycles. The number of hydrogen-bond donors (Lipinski definition) is 2. The SMILES string of the molecule is CCC[C@@]1(C(=O)O)CN(C(=O)CCc2ccncc2)CC[C@@H]1O. The van der Waals surface area contributed by atoms with Crippen molar-refractivity contribution in [2.45, 2.75) is 45.1 Å². The molecule has 0 aliphatic carbocycles. The topological polar surface area (TPSA) is 90.7 Å². The fourth-order valence-corrected chi connectivity index (χ4v) is 3.26. The third-order valence-electron chi connectivity index (χ3n) is 4.63. The van der Waals surface area contributed by atoms with Crippen LogP contribution in [-0.4, -0.2) is 51.2 Å². The van der Waals surface area contributed by atoms with Crippen molar-refractivity contribution in [1.29, 1.82) is 0 Å². The molecule has 0 bridgehead atoms. The van der Waals surface area contributed by atoms with E-state index in [1.54, 1.807) is 17.3 Å². The summed E-state index contributed by atoms with van der Waals surface area (Å²) in [5.74, 6) is -1.08. The van der Waals surface area contributed by atoms with E-state index in [-0.39, 0.29) is 12.5 Å². The van der Waals surface area contributed by atoms with Gasteiger partial charge in [0.1, 0.15) is 5.41 Å². The van der Waals surface area contributed by atoms with Gasteiger partial charge < -0.3 is 15.1 Å². The first-order valence-electron chi connectivity index (χ1n) is 8.07. The van der Waals surface area contributed by atoms with Crippen molar-refractivity contribution >= 4 is 11.9 Å². The van der Waals surface area contributed by atoms with Crippen molar-refractivity contribution in [3.63, 3.8) is 0 Å². The number of rotatable bonds is 6. The van der Waals surface area contributed by atoms with Crippen molar-refractivity contribution in [2.75, 3.05) is 13.1 Å². The fourth-order valence-electron chi connectivity index (χ4n) is 3.26. The average molecular weight is 320 g/mol. The second kappa shape index (κ2) is 7.55. The molecule has 2 rings (SSSR count). The second-order valence-electron chi connectivity index (χ2n) is 6.19. The monoisotopic (exact) mass is 320 g/mol. The van der Waals surface area contributed by atoms with Crippen LogP contribution in [-0.2, 0) is 16.0 Å². The van der Waals surface area contributed by atoms with Crippen LogP contribution in [0.1, 0.15) is 38.2 Å². The molecule has 23 heavy (non-hydrogen) atoms. The average Bonchev–Trinajstić information content (AvgIpc) is 2.55. The molecule has 1 fully saturated rings. The molecular formula is C17H24N2O4. The van der Waals surface area contributed by atoms with E-state index in [9.17, 15) is 19.8 Å². The van der Waals surface area contributed by atoms with Gasteiger partial charge in [0, 0.05) is 31.9 Å². The minimum atomic E-state index is -1.24. The number of amides is 1. The van der Waals surface area contributed by atoms with Crippen LogP contribution in [0.15, 0.2) is 24.5 Å². The molecule has 0 radical (unpaired) electrons. The van der Waals surface area contributed by atoms with Gasteiger partial charge in [0.2, 0.25) is 5.91 Å². The number of pyridine rings is 1. The zero-order chi connectivity index (χ0) is 16.9. The van der Waals surface area contributed by atoms with Crippen molar-refractivity contribution in [3.05, 3.63) is 30.1 Å². The largest absolute Gasteiger partial charge is 0.481 e. The van der Waals surface area contributed by atoms with E-state index in [2.05, 4.69) is 4.98 Å². The van der Waals surface area contributed by atoms with Crippen LogP contribution in [0, 0.1) is 5.41 Å². The summed E-state index contributed by atoms with van der Waals surface area (Å²) in [5.41, 5.74) is -0.206. The molecule has 126 valence electrons. The molecule has 2 N–H and O–H groups in total. The third-order valence-corrected chi connectivity index (χ3v) is 4.63. The van der Waals surface area contributed by atoms with E-state index in [1.807, 2.05) is 19.1 Å². The Balaban J connectivity index is 2.02. The van der Waals surface area contributed by atoms with E-state index in [4.69, 9.17) is 0 Å². The van der Waals surface area contributed by atoms with Crippen LogP contribution in [0.3, 0.4) is 0 Å². The number of carbonyl (C=O) groups is 2. The molecule has 1 saturated heterocycles. The van der Waals surface area contributed by atoms with Crippen LogP contribution in [0.5, 0.6) is 0 Å². The van der Waals surface area contributed by atoms with Gasteiger partial charge >= 0.3 is 5.97 Å². The number of likely N-dealkylation sites (tertiary alicyclic amines) is 1. The maximum Gasteiger partial charge on any atom is 0.314 e. The number of carboxylic acid groups (broad SMARTS) is 1. The Labute approximate surface area is 136 Å². The van der Waals surface area contributed by atoms with Gasteiger partial charge in [0.05, 0.1) is 6.10 Å². The summed E-state index contributed by atoms with van der Waals surface area (Å²) < 4.78 is 0. The van der Waals surface area contributed by atoms with Gasteiger partial charge in [-0.05, 0) is 37.0 Å². The van der Waals surface area contributed by atoms with E-state index in [0.717, 1.165) is 5.56 Å². The molecule has 1 aliphatic rings. The van der Waals surface area contributed by atoms with Gasteiger partial charge in [-0.3, -0.25) is 14.6 Å². The quantitative estimate of drug-likeness (QED) is 0.828.